The summed E-state index contributed by atoms with van der Waals surface area (Å²) in [4.78, 5) is 37.2. The maximum atomic E-state index is 13.0. The number of hydrogen-bond acceptors (Lipinski definition) is 5. The van der Waals surface area contributed by atoms with Gasteiger partial charge in [0.05, 0.1) is 22.4 Å². The Balaban J connectivity index is 0.000000191. The summed E-state index contributed by atoms with van der Waals surface area (Å²) < 4.78 is 6.79. The largest absolute Gasteiger partial charge is 0.487 e. The molecule has 1 aliphatic heterocycles. The van der Waals surface area contributed by atoms with Gasteiger partial charge in [-0.2, -0.15) is 0 Å². The minimum Gasteiger partial charge on any atom is -0.487 e. The normalized spacial score (nSPS) is 19.3. The van der Waals surface area contributed by atoms with E-state index in [0.29, 0.717) is 24.3 Å². The molecule has 7 rings (SSSR count). The molecule has 4 aromatic carbocycles. The molecular formula is C48H56N4O3. The minimum atomic E-state index is -0.668. The summed E-state index contributed by atoms with van der Waals surface area (Å²) in [6, 6.07) is 27.0. The Morgan fingerprint density at radius 1 is 0.927 bits per heavy atom. The van der Waals surface area contributed by atoms with Gasteiger partial charge in [-0.25, -0.2) is 9.97 Å². The number of amides is 2. The smallest absolute Gasteiger partial charge is 0.247 e. The monoisotopic (exact) mass is 736 g/mol. The molecule has 0 radical (unpaired) electrons. The SMILES string of the molecule is C=Cc1nc2c3c(c4ccccc4c2nc1/C=C\C)OC(C)(C)C1CCC(C)C[C@H]31.CC(=O)N(Cc1ccccc1)C(C(=O)NC(C)(C)C)c1ccccc1. The zero-order chi connectivity index (χ0) is 39.5. The highest BCUT2D eigenvalue weighted by molar-refractivity contribution is 6.10. The van der Waals surface area contributed by atoms with E-state index in [0.717, 1.165) is 50.1 Å². The molecule has 1 aliphatic carbocycles. The fraction of sp³-hybridized carbons (Fsp3) is 0.375. The molecule has 3 unspecified atom stereocenters. The van der Waals surface area contributed by atoms with Gasteiger partial charge in [0.1, 0.15) is 17.4 Å². The highest BCUT2D eigenvalue weighted by Crippen LogP contribution is 2.56. The van der Waals surface area contributed by atoms with Crippen molar-refractivity contribution in [3.63, 3.8) is 0 Å². The van der Waals surface area contributed by atoms with E-state index in [1.165, 1.54) is 31.7 Å². The third kappa shape index (κ3) is 8.51. The van der Waals surface area contributed by atoms with Crippen molar-refractivity contribution < 1.29 is 14.3 Å². The first-order valence-electron chi connectivity index (χ1n) is 19.6. The van der Waals surface area contributed by atoms with Gasteiger partial charge in [0, 0.05) is 41.3 Å². The number of ether oxygens (including phenoxy) is 1. The Morgan fingerprint density at radius 2 is 1.55 bits per heavy atom. The van der Waals surface area contributed by atoms with Crippen molar-refractivity contribution >= 4 is 45.8 Å². The van der Waals surface area contributed by atoms with E-state index in [-0.39, 0.29) is 23.0 Å². The number of carbonyl (C=O) groups is 2. The molecule has 2 aliphatic rings. The third-order valence-corrected chi connectivity index (χ3v) is 10.9. The van der Waals surface area contributed by atoms with E-state index >= 15 is 0 Å². The molecule has 7 heteroatoms. The highest BCUT2D eigenvalue weighted by Gasteiger charge is 2.47. The first-order valence-corrected chi connectivity index (χ1v) is 19.6. The standard InChI is InChI=1S/C27H30N2O.C21H26N2O2/c1-6-10-22-21(7-2)28-25-23-19-15-16(3)13-14-20(19)27(4,5)30-26(23)18-12-9-8-11-17(18)24(25)29-22;1-16(24)23(15-17-11-7-5-8-12-17)19(18-13-9-6-10-14-18)20(25)22-21(2,3)4/h6-12,16,19-20H,2,13-15H2,1,3-5H3;5-14,19H,15H2,1-4H3,(H,22,25)/b10-6-;/t16?,19-,20?;/m0./s1. The van der Waals surface area contributed by atoms with Gasteiger partial charge in [0.25, 0.3) is 0 Å². The zero-order valence-corrected chi connectivity index (χ0v) is 33.7. The van der Waals surface area contributed by atoms with Crippen molar-refractivity contribution in [2.75, 3.05) is 0 Å². The topological polar surface area (TPSA) is 84.4 Å². The van der Waals surface area contributed by atoms with Crippen LogP contribution in [0.1, 0.15) is 115 Å². The quantitative estimate of drug-likeness (QED) is 0.168. The van der Waals surface area contributed by atoms with Crippen molar-refractivity contribution in [3.8, 4) is 5.75 Å². The average molecular weight is 737 g/mol. The van der Waals surface area contributed by atoms with Crippen LogP contribution in [0.5, 0.6) is 5.75 Å². The van der Waals surface area contributed by atoms with E-state index in [9.17, 15) is 9.59 Å². The summed E-state index contributed by atoms with van der Waals surface area (Å²) in [6.45, 7) is 20.6. The van der Waals surface area contributed by atoms with Gasteiger partial charge in [-0.05, 0) is 89.5 Å². The van der Waals surface area contributed by atoms with Gasteiger partial charge < -0.3 is 15.0 Å². The Kier molecular flexibility index (Phi) is 11.6. The number of nitrogens with zero attached hydrogens (tertiary/aromatic N) is 3. The average Bonchev–Trinajstić information content (AvgIpc) is 3.14. The van der Waals surface area contributed by atoms with Crippen LogP contribution in [0.25, 0.3) is 34.0 Å². The summed E-state index contributed by atoms with van der Waals surface area (Å²) >= 11 is 0. The Bertz CT molecular complexity index is 2200. The Hall–Kier alpha value is -5.30. The van der Waals surface area contributed by atoms with Crippen LogP contribution in [0.3, 0.4) is 0 Å². The van der Waals surface area contributed by atoms with E-state index in [4.69, 9.17) is 14.7 Å². The predicted molar refractivity (Wildman–Crippen MR) is 226 cm³/mol. The molecule has 7 nitrogen and oxygen atoms in total. The number of fused-ring (bicyclic) bond motifs is 8. The van der Waals surface area contributed by atoms with Crippen LogP contribution in [0, 0.1) is 11.8 Å². The van der Waals surface area contributed by atoms with E-state index in [2.05, 4.69) is 56.9 Å². The highest BCUT2D eigenvalue weighted by atomic mass is 16.5. The summed E-state index contributed by atoms with van der Waals surface area (Å²) in [5.74, 6) is 2.35. The van der Waals surface area contributed by atoms with Crippen molar-refractivity contribution in [2.45, 2.75) is 104 Å². The lowest BCUT2D eigenvalue weighted by molar-refractivity contribution is -0.140. The van der Waals surface area contributed by atoms with Crippen LogP contribution in [0.2, 0.25) is 0 Å². The van der Waals surface area contributed by atoms with Gasteiger partial charge in [0.2, 0.25) is 11.8 Å². The molecule has 2 amide bonds. The molecule has 2 heterocycles. The number of benzene rings is 4. The van der Waals surface area contributed by atoms with Gasteiger partial charge in [0.15, 0.2) is 0 Å². The van der Waals surface area contributed by atoms with Crippen molar-refractivity contribution in [2.24, 2.45) is 11.8 Å². The van der Waals surface area contributed by atoms with Crippen LogP contribution in [-0.4, -0.2) is 37.8 Å². The third-order valence-electron chi connectivity index (χ3n) is 10.9. The fourth-order valence-corrected chi connectivity index (χ4v) is 8.44. The second kappa shape index (κ2) is 16.2. The molecular weight excluding hydrogens is 681 g/mol. The lowest BCUT2D eigenvalue weighted by Crippen LogP contribution is -2.48. The molecule has 1 fully saturated rings. The first kappa shape index (κ1) is 39.4. The summed E-state index contributed by atoms with van der Waals surface area (Å²) in [6.07, 6.45) is 9.49. The number of aromatic nitrogens is 2. The lowest BCUT2D eigenvalue weighted by Gasteiger charge is -2.49. The maximum absolute atomic E-state index is 13.0. The van der Waals surface area contributed by atoms with Crippen LogP contribution < -0.4 is 10.1 Å². The second-order valence-corrected chi connectivity index (χ2v) is 16.7. The predicted octanol–water partition coefficient (Wildman–Crippen LogP) is 10.8. The first-order chi connectivity index (χ1) is 26.2. The molecule has 1 aromatic heterocycles. The van der Waals surface area contributed by atoms with Gasteiger partial charge in [-0.1, -0.05) is 111 Å². The molecule has 1 saturated carbocycles. The molecule has 1 N–H and O–H groups in total. The van der Waals surface area contributed by atoms with Crippen LogP contribution >= 0.6 is 0 Å². The van der Waals surface area contributed by atoms with E-state index in [1.807, 2.05) is 107 Å². The summed E-state index contributed by atoms with van der Waals surface area (Å²) in [5, 5.41) is 5.27. The molecule has 4 atom stereocenters. The van der Waals surface area contributed by atoms with Gasteiger partial charge in [-0.3, -0.25) is 9.59 Å². The van der Waals surface area contributed by atoms with E-state index < -0.39 is 6.04 Å². The molecule has 55 heavy (non-hydrogen) atoms. The number of hydrogen-bond donors (Lipinski definition) is 1. The van der Waals surface area contributed by atoms with Crippen molar-refractivity contribution in [1.82, 2.24) is 20.2 Å². The number of carbonyl (C=O) groups excluding carboxylic acids is 2. The summed E-state index contributed by atoms with van der Waals surface area (Å²) in [5.41, 5.74) is 6.17. The number of allylic oxidation sites excluding steroid dienone is 1. The van der Waals surface area contributed by atoms with Gasteiger partial charge in [-0.15, -0.1) is 0 Å². The molecule has 0 saturated heterocycles. The zero-order valence-electron chi connectivity index (χ0n) is 33.7. The van der Waals surface area contributed by atoms with E-state index in [1.54, 1.807) is 4.90 Å². The molecule has 5 aromatic rings. The van der Waals surface area contributed by atoms with Crippen LogP contribution in [0.15, 0.2) is 97.6 Å². The Morgan fingerprint density at radius 3 is 2.16 bits per heavy atom. The second-order valence-electron chi connectivity index (χ2n) is 16.7. The Labute approximate surface area is 326 Å². The number of rotatable bonds is 7. The van der Waals surface area contributed by atoms with Crippen LogP contribution in [-0.2, 0) is 16.1 Å². The molecule has 286 valence electrons. The van der Waals surface area contributed by atoms with Crippen molar-refractivity contribution in [3.05, 3.63) is 126 Å². The fourth-order valence-electron chi connectivity index (χ4n) is 8.44. The lowest BCUT2D eigenvalue weighted by atomic mass is 9.64. The molecule has 0 bridgehead atoms. The van der Waals surface area contributed by atoms with Gasteiger partial charge >= 0.3 is 0 Å². The minimum absolute atomic E-state index is 0.137. The number of nitrogens with one attached hydrogen (secondary N) is 1. The van der Waals surface area contributed by atoms with Crippen LogP contribution in [0.4, 0.5) is 0 Å². The molecule has 0 spiro atoms. The maximum Gasteiger partial charge on any atom is 0.247 e. The van der Waals surface area contributed by atoms with Crippen molar-refractivity contribution in [1.29, 1.82) is 0 Å². The summed E-state index contributed by atoms with van der Waals surface area (Å²) in [7, 11) is 0.